The van der Waals surface area contributed by atoms with Gasteiger partial charge in [0, 0.05) is 19.1 Å². The van der Waals surface area contributed by atoms with Gasteiger partial charge >= 0.3 is 0 Å². The molecule has 6 heteroatoms. The van der Waals surface area contributed by atoms with Gasteiger partial charge in [-0.1, -0.05) is 13.3 Å². The first-order chi connectivity index (χ1) is 9.15. The van der Waals surface area contributed by atoms with E-state index in [9.17, 15) is 0 Å². The molecule has 1 aliphatic heterocycles. The molecule has 0 aromatic carbocycles. The van der Waals surface area contributed by atoms with Crippen molar-refractivity contribution in [2.75, 3.05) is 30.8 Å². The summed E-state index contributed by atoms with van der Waals surface area (Å²) < 4.78 is 5.51. The monoisotopic (exact) mass is 265 g/mol. The first kappa shape index (κ1) is 13.9. The number of aryl methyl sites for hydroxylation is 1. The molecule has 1 saturated heterocycles. The number of anilines is 2. The van der Waals surface area contributed by atoms with Crippen molar-refractivity contribution in [3.8, 4) is 5.75 Å². The van der Waals surface area contributed by atoms with Crippen molar-refractivity contribution >= 4 is 11.8 Å². The molecule has 2 heterocycles. The van der Waals surface area contributed by atoms with Crippen molar-refractivity contribution in [1.29, 1.82) is 0 Å². The molecule has 0 radical (unpaired) electrons. The van der Waals surface area contributed by atoms with Crippen molar-refractivity contribution < 1.29 is 4.74 Å². The molecule has 2 rings (SSSR count). The fraction of sp³-hybridized carbons (Fsp3) is 0.692. The van der Waals surface area contributed by atoms with Gasteiger partial charge in [-0.2, -0.15) is 4.98 Å². The molecule has 0 aliphatic carbocycles. The number of unbranched alkanes of at least 4 members (excludes halogenated alkanes) is 1. The van der Waals surface area contributed by atoms with Gasteiger partial charge in [0.1, 0.15) is 0 Å². The Hall–Kier alpha value is -1.56. The van der Waals surface area contributed by atoms with Gasteiger partial charge in [-0.25, -0.2) is 4.98 Å². The summed E-state index contributed by atoms with van der Waals surface area (Å²) in [5.41, 5.74) is 12.7. The topological polar surface area (TPSA) is 90.3 Å². The number of ether oxygens (including phenoxy) is 1. The second-order valence-electron chi connectivity index (χ2n) is 4.98. The third kappa shape index (κ3) is 3.07. The third-order valence-electron chi connectivity index (χ3n) is 3.43. The van der Waals surface area contributed by atoms with E-state index in [0.29, 0.717) is 5.95 Å². The van der Waals surface area contributed by atoms with Crippen LogP contribution in [-0.4, -0.2) is 36.2 Å². The Morgan fingerprint density at radius 2 is 2.21 bits per heavy atom. The van der Waals surface area contributed by atoms with Gasteiger partial charge in [0.25, 0.3) is 0 Å². The van der Waals surface area contributed by atoms with Crippen LogP contribution in [0.3, 0.4) is 0 Å². The molecule has 1 aliphatic rings. The second-order valence-corrected chi connectivity index (χ2v) is 4.98. The average molecular weight is 265 g/mol. The molecule has 1 aromatic rings. The van der Waals surface area contributed by atoms with Crippen LogP contribution < -0.4 is 21.1 Å². The molecule has 6 nitrogen and oxygen atoms in total. The smallest absolute Gasteiger partial charge is 0.222 e. The maximum atomic E-state index is 5.95. The Balaban J connectivity index is 2.33. The molecule has 0 spiro atoms. The lowest BCUT2D eigenvalue weighted by Gasteiger charge is -2.21. The van der Waals surface area contributed by atoms with E-state index in [0.717, 1.165) is 56.0 Å². The lowest BCUT2D eigenvalue weighted by molar-refractivity contribution is 0.404. The molecule has 0 saturated carbocycles. The Bertz CT molecular complexity index is 437. The van der Waals surface area contributed by atoms with Crippen molar-refractivity contribution in [1.82, 2.24) is 9.97 Å². The number of hydrogen-bond acceptors (Lipinski definition) is 6. The molecule has 0 bridgehead atoms. The minimum Gasteiger partial charge on any atom is -0.491 e. The lowest BCUT2D eigenvalue weighted by Crippen LogP contribution is -2.27. The molecule has 106 valence electrons. The van der Waals surface area contributed by atoms with Gasteiger partial charge in [-0.15, -0.1) is 0 Å². The Kier molecular flexibility index (Phi) is 4.42. The van der Waals surface area contributed by atoms with Gasteiger partial charge in [0.05, 0.1) is 12.8 Å². The number of nitrogen functional groups attached to an aromatic ring is 1. The van der Waals surface area contributed by atoms with Crippen LogP contribution in [0.1, 0.15) is 31.9 Å². The lowest BCUT2D eigenvalue weighted by atomic mass is 10.2. The maximum Gasteiger partial charge on any atom is 0.222 e. The Labute approximate surface area is 114 Å². The summed E-state index contributed by atoms with van der Waals surface area (Å²) in [5.74, 6) is 1.84. The van der Waals surface area contributed by atoms with E-state index in [1.165, 1.54) is 0 Å². The minimum atomic E-state index is 0.194. The highest BCUT2D eigenvalue weighted by Crippen LogP contribution is 2.32. The highest BCUT2D eigenvalue weighted by Gasteiger charge is 2.25. The molecule has 1 aromatic heterocycles. The number of methoxy groups -OCH3 is 1. The van der Waals surface area contributed by atoms with Crippen molar-refractivity contribution in [3.63, 3.8) is 0 Å². The molecule has 4 N–H and O–H groups in total. The van der Waals surface area contributed by atoms with Crippen LogP contribution in [-0.2, 0) is 6.42 Å². The minimum absolute atomic E-state index is 0.194. The zero-order valence-electron chi connectivity index (χ0n) is 11.7. The van der Waals surface area contributed by atoms with E-state index in [1.807, 2.05) is 0 Å². The molecular formula is C13H23N5O. The second kappa shape index (κ2) is 6.06. The van der Waals surface area contributed by atoms with Crippen LogP contribution in [0.15, 0.2) is 0 Å². The van der Waals surface area contributed by atoms with Crippen molar-refractivity contribution in [3.05, 3.63) is 5.69 Å². The summed E-state index contributed by atoms with van der Waals surface area (Å²) in [6, 6.07) is 0.194. The normalized spacial score (nSPS) is 18.9. The maximum absolute atomic E-state index is 5.95. The quantitative estimate of drug-likeness (QED) is 0.823. The van der Waals surface area contributed by atoms with Crippen molar-refractivity contribution in [2.45, 2.75) is 38.6 Å². The van der Waals surface area contributed by atoms with Gasteiger partial charge in [-0.3, -0.25) is 0 Å². The number of aromatic nitrogens is 2. The Morgan fingerprint density at radius 1 is 1.42 bits per heavy atom. The summed E-state index contributed by atoms with van der Waals surface area (Å²) >= 11 is 0. The van der Waals surface area contributed by atoms with Gasteiger partial charge < -0.3 is 21.1 Å². The van der Waals surface area contributed by atoms with Crippen LogP contribution in [0.5, 0.6) is 5.75 Å². The summed E-state index contributed by atoms with van der Waals surface area (Å²) in [7, 11) is 1.66. The molecule has 1 atom stereocenters. The standard InChI is InChI=1S/C13H23N5O/c1-3-4-5-10-11(19-2)12(17-13(15)16-10)18-7-6-9(14)8-18/h9H,3-8,14H2,1-2H3,(H2,15,16,17)/t9-/m0/s1. The third-order valence-corrected chi connectivity index (χ3v) is 3.43. The molecule has 0 unspecified atom stereocenters. The van der Waals surface area contributed by atoms with Crippen molar-refractivity contribution in [2.24, 2.45) is 5.73 Å². The predicted molar refractivity (Wildman–Crippen MR) is 76.4 cm³/mol. The SMILES string of the molecule is CCCCc1nc(N)nc(N2CC[C@H](N)C2)c1OC. The van der Waals surface area contributed by atoms with Crippen LogP contribution in [0.25, 0.3) is 0 Å². The largest absolute Gasteiger partial charge is 0.491 e. The zero-order valence-corrected chi connectivity index (χ0v) is 11.7. The Morgan fingerprint density at radius 3 is 2.79 bits per heavy atom. The molecule has 19 heavy (non-hydrogen) atoms. The van der Waals surface area contributed by atoms with Gasteiger partial charge in [-0.05, 0) is 19.3 Å². The molecular weight excluding hydrogens is 242 g/mol. The van der Waals surface area contributed by atoms with E-state index in [1.54, 1.807) is 7.11 Å². The zero-order chi connectivity index (χ0) is 13.8. The van der Waals surface area contributed by atoms with Crippen LogP contribution in [0.2, 0.25) is 0 Å². The number of rotatable bonds is 5. The summed E-state index contributed by atoms with van der Waals surface area (Å²) in [6.45, 7) is 3.83. The fourth-order valence-electron chi connectivity index (χ4n) is 2.42. The van der Waals surface area contributed by atoms with E-state index < -0.39 is 0 Å². The predicted octanol–water partition coefficient (Wildman–Crippen LogP) is 0.947. The fourth-order valence-corrected chi connectivity index (χ4v) is 2.42. The molecule has 0 amide bonds. The number of nitrogens with two attached hydrogens (primary N) is 2. The first-order valence-corrected chi connectivity index (χ1v) is 6.86. The van der Waals surface area contributed by atoms with E-state index in [2.05, 4.69) is 21.8 Å². The van der Waals surface area contributed by atoms with Crippen LogP contribution >= 0.6 is 0 Å². The summed E-state index contributed by atoms with van der Waals surface area (Å²) in [5, 5.41) is 0. The van der Waals surface area contributed by atoms with Gasteiger partial charge in [0.2, 0.25) is 5.95 Å². The van der Waals surface area contributed by atoms with E-state index in [4.69, 9.17) is 16.2 Å². The number of hydrogen-bond donors (Lipinski definition) is 2. The number of nitrogens with zero attached hydrogens (tertiary/aromatic N) is 3. The van der Waals surface area contributed by atoms with Crippen LogP contribution in [0.4, 0.5) is 11.8 Å². The summed E-state index contributed by atoms with van der Waals surface area (Å²) in [4.78, 5) is 10.8. The average Bonchev–Trinajstić information content (AvgIpc) is 2.82. The van der Waals surface area contributed by atoms with Crippen LogP contribution in [0, 0.1) is 0 Å². The van der Waals surface area contributed by atoms with Gasteiger partial charge in [0.15, 0.2) is 11.6 Å². The summed E-state index contributed by atoms with van der Waals surface area (Å²) in [6.07, 6.45) is 4.00. The van der Waals surface area contributed by atoms with E-state index in [-0.39, 0.29) is 6.04 Å². The first-order valence-electron chi connectivity index (χ1n) is 6.86. The molecule has 1 fully saturated rings. The van der Waals surface area contributed by atoms with E-state index >= 15 is 0 Å². The highest BCUT2D eigenvalue weighted by molar-refractivity contribution is 5.58. The highest BCUT2D eigenvalue weighted by atomic mass is 16.5.